The van der Waals surface area contributed by atoms with E-state index in [2.05, 4.69) is 51.3 Å². The van der Waals surface area contributed by atoms with Crippen LogP contribution in [-0.2, 0) is 11.3 Å². The minimum atomic E-state index is 0.0517. The third-order valence-corrected chi connectivity index (χ3v) is 5.76. The van der Waals surface area contributed by atoms with E-state index in [-0.39, 0.29) is 12.0 Å². The smallest absolute Gasteiger partial charge is 0.246 e. The van der Waals surface area contributed by atoms with Crippen LogP contribution in [0, 0.1) is 11.6 Å². The summed E-state index contributed by atoms with van der Waals surface area (Å²) < 4.78 is 13.8. The Kier molecular flexibility index (Phi) is 4.76. The molecule has 0 saturated carbocycles. The van der Waals surface area contributed by atoms with E-state index >= 15 is 0 Å². The number of fused-ring (bicyclic) bond motifs is 1. The molecule has 1 aromatic carbocycles. The molecule has 2 atom stereocenters. The summed E-state index contributed by atoms with van der Waals surface area (Å²) >= 11 is 5.56. The van der Waals surface area contributed by atoms with Gasteiger partial charge >= 0.3 is 0 Å². The van der Waals surface area contributed by atoms with Crippen LogP contribution >= 0.6 is 12.2 Å². The van der Waals surface area contributed by atoms with E-state index in [1.54, 1.807) is 17.0 Å². The van der Waals surface area contributed by atoms with Crippen LogP contribution in [-0.4, -0.2) is 31.3 Å². The lowest BCUT2D eigenvalue weighted by atomic mass is 9.99. The topological polar surface area (TPSA) is 105 Å². The van der Waals surface area contributed by atoms with Crippen LogP contribution in [0.5, 0.6) is 0 Å². The minimum absolute atomic E-state index is 0.0517. The second-order valence-corrected chi connectivity index (χ2v) is 7.88. The van der Waals surface area contributed by atoms with Gasteiger partial charge in [0, 0.05) is 5.92 Å². The summed E-state index contributed by atoms with van der Waals surface area (Å²) in [6, 6.07) is 12.0. The first-order valence-electron chi connectivity index (χ1n) is 9.69. The van der Waals surface area contributed by atoms with Gasteiger partial charge in [-0.25, -0.2) is 9.97 Å². The molecule has 0 spiro atoms. The lowest BCUT2D eigenvalue weighted by molar-refractivity contribution is 0.110. The largest absolute Gasteiger partial charge is 0.384 e. The fourth-order valence-corrected chi connectivity index (χ4v) is 3.91. The van der Waals surface area contributed by atoms with Gasteiger partial charge < -0.3 is 19.6 Å². The highest BCUT2D eigenvalue weighted by molar-refractivity contribution is 7.71. The van der Waals surface area contributed by atoms with E-state index in [1.807, 2.05) is 6.07 Å². The highest BCUT2D eigenvalue weighted by atomic mass is 32.1. The van der Waals surface area contributed by atoms with Crippen LogP contribution in [0.2, 0.25) is 0 Å². The van der Waals surface area contributed by atoms with Crippen molar-refractivity contribution in [2.45, 2.75) is 31.9 Å². The maximum absolute atomic E-state index is 5.98. The second-order valence-electron chi connectivity index (χ2n) is 7.50. The molecule has 0 radical (unpaired) electrons. The zero-order chi connectivity index (χ0) is 20.7. The number of aryl methyl sites for hydroxylation is 1. The van der Waals surface area contributed by atoms with E-state index in [0.717, 1.165) is 11.8 Å². The molecular weight excluding hydrogens is 400 g/mol. The third kappa shape index (κ3) is 3.57. The normalized spacial score (nSPS) is 18.8. The summed E-state index contributed by atoms with van der Waals surface area (Å²) in [5.41, 5.74) is 8.65. The molecule has 0 bridgehead atoms. The Morgan fingerprint density at radius 3 is 2.83 bits per heavy atom. The molecule has 2 N–H and O–H groups in total. The zero-order valence-electron chi connectivity index (χ0n) is 16.4. The van der Waals surface area contributed by atoms with Crippen molar-refractivity contribution in [3.63, 3.8) is 0 Å². The quantitative estimate of drug-likeness (QED) is 0.498. The zero-order valence-corrected chi connectivity index (χ0v) is 17.2. The van der Waals surface area contributed by atoms with Crippen molar-refractivity contribution in [1.29, 1.82) is 0 Å². The Bertz CT molecular complexity index is 1270. The molecule has 1 saturated heterocycles. The average molecular weight is 420 g/mol. The predicted octanol–water partition coefficient (Wildman–Crippen LogP) is 3.73. The van der Waals surface area contributed by atoms with Gasteiger partial charge in [-0.05, 0) is 31.0 Å². The summed E-state index contributed by atoms with van der Waals surface area (Å²) in [5.74, 6) is 1.65. The molecule has 4 heterocycles. The standard InChI is InChI=1S/C21H20N6O2S/c1-12-2-4-13(5-3-12)16-8-14(10-28-16)19-25-18(29-26-19)9-27-11-23-20-15(21(27)30)6-7-17(22)24-20/h2-7,11,14,16H,8-10H2,1H3,(H2,22,24)/t14-,16+/m0/s1. The van der Waals surface area contributed by atoms with Crippen molar-refractivity contribution in [2.24, 2.45) is 0 Å². The lowest BCUT2D eigenvalue weighted by Gasteiger charge is -2.09. The van der Waals surface area contributed by atoms with Gasteiger partial charge in [0.25, 0.3) is 0 Å². The number of rotatable bonds is 4. The maximum Gasteiger partial charge on any atom is 0.246 e. The van der Waals surface area contributed by atoms with Crippen molar-refractivity contribution in [3.05, 3.63) is 70.2 Å². The van der Waals surface area contributed by atoms with Crippen LogP contribution < -0.4 is 5.73 Å². The van der Waals surface area contributed by atoms with Gasteiger partial charge in [0.1, 0.15) is 17.0 Å². The molecule has 8 nitrogen and oxygen atoms in total. The van der Waals surface area contributed by atoms with Crippen molar-refractivity contribution in [2.75, 3.05) is 12.3 Å². The van der Waals surface area contributed by atoms with Crippen molar-refractivity contribution in [3.8, 4) is 0 Å². The number of benzene rings is 1. The summed E-state index contributed by atoms with van der Waals surface area (Å²) in [5, 5.41) is 4.93. The highest BCUT2D eigenvalue weighted by Gasteiger charge is 2.31. The Labute approximate surface area is 177 Å². The molecule has 0 unspecified atom stereocenters. The van der Waals surface area contributed by atoms with Crippen molar-refractivity contribution in [1.82, 2.24) is 24.7 Å². The molecular formula is C21H20N6O2S. The molecule has 152 valence electrons. The van der Waals surface area contributed by atoms with Gasteiger partial charge in [-0.3, -0.25) is 0 Å². The molecule has 4 aromatic rings. The first-order chi connectivity index (χ1) is 14.6. The fraction of sp³-hybridized carbons (Fsp3) is 0.286. The first-order valence-corrected chi connectivity index (χ1v) is 10.1. The van der Waals surface area contributed by atoms with Gasteiger partial charge in [-0.2, -0.15) is 4.98 Å². The van der Waals surface area contributed by atoms with Crippen LogP contribution in [0.3, 0.4) is 0 Å². The van der Waals surface area contributed by atoms with E-state index in [1.165, 1.54) is 11.1 Å². The highest BCUT2D eigenvalue weighted by Crippen LogP contribution is 2.37. The summed E-state index contributed by atoms with van der Waals surface area (Å²) in [4.78, 5) is 13.1. The summed E-state index contributed by atoms with van der Waals surface area (Å²) in [6.45, 7) is 2.99. The Morgan fingerprint density at radius 1 is 1.17 bits per heavy atom. The monoisotopic (exact) mass is 420 g/mol. The maximum atomic E-state index is 5.98. The van der Waals surface area contributed by atoms with E-state index in [4.69, 9.17) is 27.2 Å². The predicted molar refractivity (Wildman–Crippen MR) is 113 cm³/mol. The number of ether oxygens (including phenoxy) is 1. The van der Waals surface area contributed by atoms with Gasteiger partial charge in [0.05, 0.1) is 24.4 Å². The molecule has 1 aliphatic heterocycles. The number of hydrogen-bond acceptors (Lipinski definition) is 8. The molecule has 0 aliphatic carbocycles. The molecule has 0 amide bonds. The number of hydrogen-bond donors (Lipinski definition) is 1. The molecule has 1 aliphatic rings. The summed E-state index contributed by atoms with van der Waals surface area (Å²) in [7, 11) is 0. The first kappa shape index (κ1) is 18.8. The molecule has 30 heavy (non-hydrogen) atoms. The van der Waals surface area contributed by atoms with E-state index < -0.39 is 0 Å². The Hall–Kier alpha value is -3.17. The average Bonchev–Trinajstić information content (AvgIpc) is 3.40. The van der Waals surface area contributed by atoms with Crippen LogP contribution in [0.1, 0.15) is 41.3 Å². The van der Waals surface area contributed by atoms with Crippen molar-refractivity contribution < 1.29 is 9.26 Å². The number of nitrogens with two attached hydrogens (primary N) is 1. The van der Waals surface area contributed by atoms with E-state index in [9.17, 15) is 0 Å². The number of aromatic nitrogens is 5. The summed E-state index contributed by atoms with van der Waals surface area (Å²) in [6.07, 6.45) is 2.50. The minimum Gasteiger partial charge on any atom is -0.384 e. The van der Waals surface area contributed by atoms with Gasteiger partial charge in [-0.15, -0.1) is 0 Å². The van der Waals surface area contributed by atoms with Crippen molar-refractivity contribution >= 4 is 29.1 Å². The Balaban J connectivity index is 1.32. The molecule has 1 fully saturated rings. The number of anilines is 1. The molecule has 5 rings (SSSR count). The van der Waals surface area contributed by atoms with Crippen LogP contribution in [0.15, 0.2) is 47.2 Å². The van der Waals surface area contributed by atoms with Gasteiger partial charge in [-0.1, -0.05) is 47.2 Å². The third-order valence-electron chi connectivity index (χ3n) is 5.31. The van der Waals surface area contributed by atoms with Gasteiger partial charge in [0.2, 0.25) is 5.89 Å². The number of pyridine rings is 1. The Morgan fingerprint density at radius 2 is 2.00 bits per heavy atom. The fourth-order valence-electron chi connectivity index (χ4n) is 3.64. The van der Waals surface area contributed by atoms with Gasteiger partial charge in [0.15, 0.2) is 11.5 Å². The lowest BCUT2D eigenvalue weighted by Crippen LogP contribution is -2.06. The van der Waals surface area contributed by atoms with Crippen LogP contribution in [0.25, 0.3) is 11.0 Å². The SMILES string of the molecule is Cc1ccc([C@H]2C[C@H](c3noc(Cn4cnc5nc(N)ccc5c4=S)n3)CO2)cc1. The number of nitrogen functional groups attached to an aromatic ring is 1. The van der Waals surface area contributed by atoms with E-state index in [0.29, 0.717) is 41.0 Å². The molecule has 9 heteroatoms. The second kappa shape index (κ2) is 7.58. The number of nitrogens with zero attached hydrogens (tertiary/aromatic N) is 5. The molecule has 3 aromatic heterocycles. The van der Waals surface area contributed by atoms with Crippen LogP contribution in [0.4, 0.5) is 5.82 Å².